The van der Waals surface area contributed by atoms with Gasteiger partial charge in [0.1, 0.15) is 0 Å². The average molecular weight is 312 g/mol. The van der Waals surface area contributed by atoms with Crippen molar-refractivity contribution >= 4 is 17.6 Å². The predicted octanol–water partition coefficient (Wildman–Crippen LogP) is 4.06. The molecule has 0 saturated heterocycles. The molecule has 1 aromatic rings. The number of aliphatic hydroxyl groups excluding tert-OH is 2. The summed E-state index contributed by atoms with van der Waals surface area (Å²) in [6.07, 6.45) is 5.82. The molecule has 1 aliphatic rings. The lowest BCUT2D eigenvalue weighted by Gasteiger charge is -2.16. The van der Waals surface area contributed by atoms with E-state index in [1.54, 1.807) is 6.08 Å². The van der Waals surface area contributed by atoms with E-state index in [1.807, 2.05) is 37.3 Å². The summed E-state index contributed by atoms with van der Waals surface area (Å²) in [6.45, 7) is 2.02. The van der Waals surface area contributed by atoms with Crippen molar-refractivity contribution in [3.63, 3.8) is 0 Å². The molecule has 2 N–H and O–H groups in total. The van der Waals surface area contributed by atoms with Gasteiger partial charge in [0.2, 0.25) is 11.6 Å². The highest BCUT2D eigenvalue weighted by atomic mass is 16.3. The van der Waals surface area contributed by atoms with Crippen LogP contribution in [0.3, 0.4) is 0 Å². The van der Waals surface area contributed by atoms with Crippen molar-refractivity contribution in [2.45, 2.75) is 32.6 Å². The molecule has 0 aromatic heterocycles. The van der Waals surface area contributed by atoms with Gasteiger partial charge in [-0.25, -0.2) is 0 Å². The number of benzene rings is 1. The van der Waals surface area contributed by atoms with Gasteiger partial charge in [-0.05, 0) is 24.5 Å². The van der Waals surface area contributed by atoms with Crippen LogP contribution in [0.1, 0.15) is 38.2 Å². The molecule has 23 heavy (non-hydrogen) atoms. The molecular formula is C19H20O4. The summed E-state index contributed by atoms with van der Waals surface area (Å²) >= 11 is 0. The SMILES string of the molecule is CCCCCC1=C(O)C(=O)C(C=Cc2ccccc2)=C(O)C1=O. The fraction of sp³-hybridized carbons (Fsp3) is 0.263. The molecule has 0 bridgehead atoms. The fourth-order valence-electron chi connectivity index (χ4n) is 2.43. The normalized spacial score (nSPS) is 15.9. The summed E-state index contributed by atoms with van der Waals surface area (Å²) in [6, 6.07) is 9.20. The molecular weight excluding hydrogens is 292 g/mol. The summed E-state index contributed by atoms with van der Waals surface area (Å²) in [5, 5.41) is 20.1. The van der Waals surface area contributed by atoms with E-state index in [1.165, 1.54) is 6.08 Å². The number of carbonyl (C=O) groups excluding carboxylic acids is 2. The van der Waals surface area contributed by atoms with E-state index in [4.69, 9.17) is 0 Å². The molecule has 2 rings (SSSR count). The van der Waals surface area contributed by atoms with Crippen LogP contribution in [0.15, 0.2) is 59.1 Å². The lowest BCUT2D eigenvalue weighted by atomic mass is 9.90. The summed E-state index contributed by atoms with van der Waals surface area (Å²) < 4.78 is 0. The average Bonchev–Trinajstić information content (AvgIpc) is 2.57. The predicted molar refractivity (Wildman–Crippen MR) is 88.9 cm³/mol. The Labute approximate surface area is 135 Å². The Morgan fingerprint density at radius 1 is 0.913 bits per heavy atom. The first-order chi connectivity index (χ1) is 11.1. The smallest absolute Gasteiger partial charge is 0.231 e. The summed E-state index contributed by atoms with van der Waals surface area (Å²) in [7, 11) is 0. The summed E-state index contributed by atoms with van der Waals surface area (Å²) in [5.41, 5.74) is 0.665. The molecule has 0 aliphatic heterocycles. The van der Waals surface area contributed by atoms with Gasteiger partial charge in [0, 0.05) is 5.57 Å². The van der Waals surface area contributed by atoms with E-state index >= 15 is 0 Å². The Balaban J connectivity index is 2.24. The topological polar surface area (TPSA) is 74.6 Å². The fourth-order valence-corrected chi connectivity index (χ4v) is 2.43. The van der Waals surface area contributed by atoms with Gasteiger partial charge < -0.3 is 10.2 Å². The van der Waals surface area contributed by atoms with Gasteiger partial charge in [-0.2, -0.15) is 0 Å². The Kier molecular flexibility index (Phi) is 5.52. The first-order valence-electron chi connectivity index (χ1n) is 7.74. The van der Waals surface area contributed by atoms with Crippen LogP contribution in [-0.2, 0) is 9.59 Å². The van der Waals surface area contributed by atoms with Crippen molar-refractivity contribution in [1.82, 2.24) is 0 Å². The second-order valence-corrected chi connectivity index (χ2v) is 5.45. The van der Waals surface area contributed by atoms with Gasteiger partial charge >= 0.3 is 0 Å². The first kappa shape index (κ1) is 16.7. The Hall–Kier alpha value is -2.62. The van der Waals surface area contributed by atoms with Crippen molar-refractivity contribution in [3.05, 3.63) is 64.6 Å². The zero-order valence-electron chi connectivity index (χ0n) is 13.1. The quantitative estimate of drug-likeness (QED) is 0.613. The second kappa shape index (κ2) is 7.58. The number of aliphatic hydroxyl groups is 2. The Morgan fingerprint density at radius 3 is 2.26 bits per heavy atom. The number of ketones is 2. The Morgan fingerprint density at radius 2 is 1.61 bits per heavy atom. The third kappa shape index (κ3) is 3.77. The maximum absolute atomic E-state index is 12.2. The number of carbonyl (C=O) groups is 2. The maximum Gasteiger partial charge on any atom is 0.231 e. The van der Waals surface area contributed by atoms with Crippen molar-refractivity contribution in [3.8, 4) is 0 Å². The van der Waals surface area contributed by atoms with Gasteiger partial charge in [0.15, 0.2) is 11.5 Å². The molecule has 120 valence electrons. The van der Waals surface area contributed by atoms with Crippen molar-refractivity contribution in [2.24, 2.45) is 0 Å². The van der Waals surface area contributed by atoms with Crippen molar-refractivity contribution < 1.29 is 19.8 Å². The largest absolute Gasteiger partial charge is 0.504 e. The summed E-state index contributed by atoms with van der Waals surface area (Å²) in [4.78, 5) is 24.4. The minimum absolute atomic E-state index is 0.0119. The minimum atomic E-state index is -0.708. The zero-order valence-corrected chi connectivity index (χ0v) is 13.1. The summed E-state index contributed by atoms with van der Waals surface area (Å²) in [5.74, 6) is -2.50. The highest BCUT2D eigenvalue weighted by molar-refractivity contribution is 6.24. The monoisotopic (exact) mass is 312 g/mol. The third-order valence-corrected chi connectivity index (χ3v) is 3.76. The molecule has 4 heteroatoms. The van der Waals surface area contributed by atoms with Gasteiger partial charge in [-0.1, -0.05) is 56.2 Å². The van der Waals surface area contributed by atoms with Gasteiger partial charge in [-0.15, -0.1) is 0 Å². The molecule has 0 radical (unpaired) electrons. The molecule has 1 aliphatic carbocycles. The highest BCUT2D eigenvalue weighted by Crippen LogP contribution is 2.27. The van der Waals surface area contributed by atoms with Crippen LogP contribution >= 0.6 is 0 Å². The standard InChI is InChI=1S/C19H20O4/c1-2-3-5-10-14-16(20)18(22)15(19(23)17(14)21)12-11-13-8-6-4-7-9-13/h4,6-9,11-12,20,23H,2-3,5,10H2,1H3. The Bertz CT molecular complexity index is 693. The van der Waals surface area contributed by atoms with E-state index in [0.717, 1.165) is 18.4 Å². The van der Waals surface area contributed by atoms with Crippen LogP contribution in [-0.4, -0.2) is 21.8 Å². The van der Waals surface area contributed by atoms with Gasteiger partial charge in [0.05, 0.1) is 5.57 Å². The zero-order chi connectivity index (χ0) is 16.8. The third-order valence-electron chi connectivity index (χ3n) is 3.76. The second-order valence-electron chi connectivity index (χ2n) is 5.45. The van der Waals surface area contributed by atoms with Crippen LogP contribution in [0.4, 0.5) is 0 Å². The van der Waals surface area contributed by atoms with E-state index in [9.17, 15) is 19.8 Å². The molecule has 0 saturated carbocycles. The number of unbranched alkanes of at least 4 members (excludes halogenated alkanes) is 2. The number of hydrogen-bond acceptors (Lipinski definition) is 4. The van der Waals surface area contributed by atoms with Crippen LogP contribution in [0.5, 0.6) is 0 Å². The van der Waals surface area contributed by atoms with Crippen molar-refractivity contribution in [2.75, 3.05) is 0 Å². The van der Waals surface area contributed by atoms with Crippen LogP contribution in [0.25, 0.3) is 6.08 Å². The molecule has 0 fully saturated rings. The van der Waals surface area contributed by atoms with Crippen LogP contribution in [0.2, 0.25) is 0 Å². The minimum Gasteiger partial charge on any atom is -0.504 e. The molecule has 1 aromatic carbocycles. The van der Waals surface area contributed by atoms with Gasteiger partial charge in [-0.3, -0.25) is 9.59 Å². The van der Waals surface area contributed by atoms with Gasteiger partial charge in [0.25, 0.3) is 0 Å². The number of Topliss-reactive ketones (excluding diaryl/α,β-unsaturated/α-hetero) is 2. The molecule has 4 nitrogen and oxygen atoms in total. The lowest BCUT2D eigenvalue weighted by Crippen LogP contribution is -2.23. The lowest BCUT2D eigenvalue weighted by molar-refractivity contribution is -0.119. The van der Waals surface area contributed by atoms with E-state index < -0.39 is 23.1 Å². The number of hydrogen-bond donors (Lipinski definition) is 2. The van der Waals surface area contributed by atoms with E-state index in [0.29, 0.717) is 12.8 Å². The maximum atomic E-state index is 12.2. The number of rotatable bonds is 6. The number of allylic oxidation sites excluding steroid dienone is 3. The molecule has 0 atom stereocenters. The molecule has 0 unspecified atom stereocenters. The highest BCUT2D eigenvalue weighted by Gasteiger charge is 2.33. The van der Waals surface area contributed by atoms with Crippen LogP contribution < -0.4 is 0 Å². The molecule has 0 amide bonds. The first-order valence-corrected chi connectivity index (χ1v) is 7.74. The van der Waals surface area contributed by atoms with Crippen molar-refractivity contribution in [1.29, 1.82) is 0 Å². The van der Waals surface area contributed by atoms with E-state index in [2.05, 4.69) is 0 Å². The van der Waals surface area contributed by atoms with E-state index in [-0.39, 0.29) is 11.1 Å². The molecule has 0 heterocycles. The molecule has 0 spiro atoms. The van der Waals surface area contributed by atoms with Crippen LogP contribution in [0, 0.1) is 0 Å².